The summed E-state index contributed by atoms with van der Waals surface area (Å²) in [6.07, 6.45) is 0.0794. The van der Waals surface area contributed by atoms with E-state index in [1.54, 1.807) is 0 Å². The number of carboxylic acids is 1. The largest absolute Gasteiger partial charge is 0.481 e. The summed E-state index contributed by atoms with van der Waals surface area (Å²) in [6.45, 7) is 2.95. The lowest BCUT2D eigenvalue weighted by molar-refractivity contribution is -0.140. The van der Waals surface area contributed by atoms with Crippen molar-refractivity contribution in [3.63, 3.8) is 0 Å². The molecule has 0 bridgehead atoms. The molecule has 0 fully saturated rings. The van der Waals surface area contributed by atoms with Crippen molar-refractivity contribution < 1.29 is 50.2 Å². The number of sulfonamides is 1. The van der Waals surface area contributed by atoms with Gasteiger partial charge in [-0.15, -0.1) is 0 Å². The van der Waals surface area contributed by atoms with Crippen LogP contribution in [0.1, 0.15) is 39.7 Å². The number of aliphatic carboxylic acids is 1. The van der Waals surface area contributed by atoms with Gasteiger partial charge in [0.15, 0.2) is 23.2 Å². The third-order valence-electron chi connectivity index (χ3n) is 5.39. The van der Waals surface area contributed by atoms with Gasteiger partial charge in [0.05, 0.1) is 11.7 Å². The first kappa shape index (κ1) is 31.3. The van der Waals surface area contributed by atoms with Crippen LogP contribution < -0.4 is 20.3 Å². The minimum absolute atomic E-state index is 0.0738. The SMILES string of the molecule is CC[C@@H](C(=O)N[C@@H](CC(=O)O)C(=O)COc1c(F)c(F)cc(F)c1F)n1cccc(NS(=O)(=O)C(C)C)c1=O. The van der Waals surface area contributed by atoms with Crippen LogP contribution in [0, 0.1) is 23.3 Å². The number of ether oxygens (including phenoxy) is 1. The van der Waals surface area contributed by atoms with Crippen molar-refractivity contribution in [2.75, 3.05) is 11.3 Å². The molecule has 3 N–H and O–H groups in total. The molecule has 0 aliphatic rings. The summed E-state index contributed by atoms with van der Waals surface area (Å²) in [5, 5.41) is 10.4. The highest BCUT2D eigenvalue weighted by atomic mass is 32.2. The molecule has 11 nitrogen and oxygen atoms in total. The molecule has 0 radical (unpaired) electrons. The number of carbonyl (C=O) groups excluding carboxylic acids is 2. The Labute approximate surface area is 219 Å². The second-order valence-corrected chi connectivity index (χ2v) is 10.7. The molecule has 39 heavy (non-hydrogen) atoms. The van der Waals surface area contributed by atoms with E-state index in [4.69, 9.17) is 5.11 Å². The number of hydrogen-bond donors (Lipinski definition) is 3. The van der Waals surface area contributed by atoms with E-state index in [0.29, 0.717) is 0 Å². The van der Waals surface area contributed by atoms with Gasteiger partial charge in [0.25, 0.3) is 5.56 Å². The summed E-state index contributed by atoms with van der Waals surface area (Å²) in [5.74, 6) is -12.9. The lowest BCUT2D eigenvalue weighted by atomic mass is 10.1. The number of Topliss-reactive ketones (excluding diaryl/α,β-unsaturated/α-hetero) is 1. The highest BCUT2D eigenvalue weighted by Crippen LogP contribution is 2.26. The standard InChI is InChI=1S/C23H25F4N3O8S/c1-4-16(30-7-5-6-14(23(30)35)29-39(36,37)11(2)3)22(34)28-15(9-18(32)33)17(31)10-38-21-19(26)12(24)8-13(25)20(21)27/h5-8,11,15-16,29H,4,9-10H2,1-3H3,(H,28,34)(H,32,33)/t15-,16-/m0/s1. The van der Waals surface area contributed by atoms with Gasteiger partial charge in [-0.3, -0.25) is 23.9 Å². The van der Waals surface area contributed by atoms with Crippen LogP contribution in [-0.2, 0) is 24.4 Å². The molecule has 2 atom stereocenters. The molecule has 0 saturated carbocycles. The van der Waals surface area contributed by atoms with Gasteiger partial charge in [-0.25, -0.2) is 17.2 Å². The average Bonchev–Trinajstić information content (AvgIpc) is 2.84. The summed E-state index contributed by atoms with van der Waals surface area (Å²) in [6, 6.07) is -0.817. The molecule has 0 unspecified atom stereocenters. The Morgan fingerprint density at radius 1 is 1.10 bits per heavy atom. The summed E-state index contributed by atoms with van der Waals surface area (Å²) < 4.78 is 86.3. The van der Waals surface area contributed by atoms with Crippen molar-refractivity contribution in [1.82, 2.24) is 9.88 Å². The third-order valence-corrected chi connectivity index (χ3v) is 7.13. The monoisotopic (exact) mass is 579 g/mol. The molecule has 1 amide bonds. The first-order valence-corrected chi connectivity index (χ1v) is 12.9. The first-order valence-electron chi connectivity index (χ1n) is 11.3. The summed E-state index contributed by atoms with van der Waals surface area (Å²) in [7, 11) is -3.92. The number of pyridine rings is 1. The number of aromatic nitrogens is 1. The Morgan fingerprint density at radius 2 is 1.69 bits per heavy atom. The summed E-state index contributed by atoms with van der Waals surface area (Å²) >= 11 is 0. The van der Waals surface area contributed by atoms with E-state index in [0.717, 1.165) is 4.57 Å². The minimum Gasteiger partial charge on any atom is -0.481 e. The molecule has 0 aliphatic carbocycles. The fourth-order valence-electron chi connectivity index (χ4n) is 3.22. The van der Waals surface area contributed by atoms with Crippen molar-refractivity contribution in [3.8, 4) is 5.75 Å². The van der Waals surface area contributed by atoms with Gasteiger partial charge < -0.3 is 19.7 Å². The highest BCUT2D eigenvalue weighted by molar-refractivity contribution is 7.93. The van der Waals surface area contributed by atoms with Crippen LogP contribution in [0.15, 0.2) is 29.2 Å². The minimum atomic E-state index is -3.92. The number of hydrogen-bond acceptors (Lipinski definition) is 7. The normalized spacial score (nSPS) is 13.0. The maximum Gasteiger partial charge on any atom is 0.305 e. The molecule has 1 aromatic heterocycles. The van der Waals surface area contributed by atoms with Gasteiger partial charge in [0.2, 0.25) is 27.6 Å². The van der Waals surface area contributed by atoms with Gasteiger partial charge in [-0.1, -0.05) is 6.92 Å². The van der Waals surface area contributed by atoms with E-state index in [2.05, 4.69) is 14.8 Å². The van der Waals surface area contributed by atoms with Gasteiger partial charge in [0.1, 0.15) is 24.4 Å². The predicted molar refractivity (Wildman–Crippen MR) is 129 cm³/mol. The Balaban J connectivity index is 2.29. The Hall–Kier alpha value is -3.95. The number of rotatable bonds is 13. The molecular weight excluding hydrogens is 554 g/mol. The third kappa shape index (κ3) is 7.55. The van der Waals surface area contributed by atoms with Gasteiger partial charge >= 0.3 is 5.97 Å². The molecule has 2 rings (SSSR count). The zero-order valence-corrected chi connectivity index (χ0v) is 21.7. The van der Waals surface area contributed by atoms with Crippen LogP contribution in [0.4, 0.5) is 23.2 Å². The molecule has 16 heteroatoms. The van der Waals surface area contributed by atoms with Crippen LogP contribution >= 0.6 is 0 Å². The van der Waals surface area contributed by atoms with Crippen molar-refractivity contribution in [1.29, 1.82) is 0 Å². The fraction of sp³-hybridized carbons (Fsp3) is 0.391. The van der Waals surface area contributed by atoms with E-state index in [-0.39, 0.29) is 18.2 Å². The number of nitrogens with one attached hydrogen (secondary N) is 2. The van der Waals surface area contributed by atoms with Crippen molar-refractivity contribution >= 4 is 33.4 Å². The Morgan fingerprint density at radius 3 is 2.21 bits per heavy atom. The molecular formula is C23H25F4N3O8S. The number of ketones is 1. The first-order chi connectivity index (χ1) is 18.1. The molecule has 0 saturated heterocycles. The zero-order valence-electron chi connectivity index (χ0n) is 20.8. The molecule has 1 aromatic carbocycles. The molecule has 0 aliphatic heterocycles. The lowest BCUT2D eigenvalue weighted by Crippen LogP contribution is -2.48. The molecule has 0 spiro atoms. The number of carbonyl (C=O) groups is 3. The highest BCUT2D eigenvalue weighted by Gasteiger charge is 2.30. The number of carboxylic acid groups (broad SMARTS) is 1. The summed E-state index contributed by atoms with van der Waals surface area (Å²) in [5.41, 5.74) is -1.28. The van der Waals surface area contributed by atoms with Crippen LogP contribution in [-0.4, -0.2) is 53.6 Å². The van der Waals surface area contributed by atoms with Crippen LogP contribution in [0.5, 0.6) is 5.75 Å². The Bertz CT molecular complexity index is 1400. The van der Waals surface area contributed by atoms with Crippen molar-refractivity contribution in [2.24, 2.45) is 0 Å². The maximum absolute atomic E-state index is 13.8. The lowest BCUT2D eigenvalue weighted by Gasteiger charge is -2.22. The topological polar surface area (TPSA) is 161 Å². The van der Waals surface area contributed by atoms with E-state index >= 15 is 0 Å². The number of amides is 1. The number of benzene rings is 1. The van der Waals surface area contributed by atoms with Crippen LogP contribution in [0.2, 0.25) is 0 Å². The van der Waals surface area contributed by atoms with Crippen molar-refractivity contribution in [2.45, 2.75) is 50.9 Å². The number of nitrogens with zero attached hydrogens (tertiary/aromatic N) is 1. The van der Waals surface area contributed by atoms with Crippen molar-refractivity contribution in [3.05, 3.63) is 58.0 Å². The zero-order chi connectivity index (χ0) is 29.7. The fourth-order valence-corrected chi connectivity index (χ4v) is 3.92. The summed E-state index contributed by atoms with van der Waals surface area (Å²) in [4.78, 5) is 49.7. The quantitative estimate of drug-likeness (QED) is 0.240. The van der Waals surface area contributed by atoms with E-state index in [1.165, 1.54) is 39.1 Å². The molecule has 2 aromatic rings. The second-order valence-electron chi connectivity index (χ2n) is 8.47. The van der Waals surface area contributed by atoms with E-state index in [9.17, 15) is 45.2 Å². The number of anilines is 1. The number of halogens is 4. The van der Waals surface area contributed by atoms with Crippen LogP contribution in [0.25, 0.3) is 0 Å². The van der Waals surface area contributed by atoms with Gasteiger partial charge in [0, 0.05) is 12.3 Å². The van der Waals surface area contributed by atoms with Crippen LogP contribution in [0.3, 0.4) is 0 Å². The van der Waals surface area contributed by atoms with E-state index < -0.39 is 92.6 Å². The second kappa shape index (κ2) is 12.7. The van der Waals surface area contributed by atoms with E-state index in [1.807, 2.05) is 0 Å². The smallest absolute Gasteiger partial charge is 0.305 e. The average molecular weight is 580 g/mol. The van der Waals surface area contributed by atoms with Gasteiger partial charge in [-0.05, 0) is 32.4 Å². The Kier molecular flexibility index (Phi) is 10.2. The maximum atomic E-state index is 13.8. The molecule has 1 heterocycles. The predicted octanol–water partition coefficient (Wildman–Crippen LogP) is 2.11. The molecule has 214 valence electrons. The van der Waals surface area contributed by atoms with Gasteiger partial charge in [-0.2, -0.15) is 8.78 Å².